The number of anilines is 1. The molecule has 3 aromatic rings. The van der Waals surface area contributed by atoms with Gasteiger partial charge < -0.3 is 15.0 Å². The molecule has 0 bridgehead atoms. The highest BCUT2D eigenvalue weighted by atomic mass is 32.2. The number of amides is 1. The van der Waals surface area contributed by atoms with Crippen LogP contribution >= 0.6 is 11.3 Å². The highest BCUT2D eigenvalue weighted by molar-refractivity contribution is 7.91. The Bertz CT molecular complexity index is 1560. The number of methoxy groups -OCH3 is 1. The topological polar surface area (TPSA) is 112 Å². The monoisotopic (exact) mass is 590 g/mol. The standard InChI is InChI=1S/C31H34N4O4S2/c1-39-24-12-8-22(9-13-24)30-33-27(25-4-2-3-5-26(25)29(36)34-31(20-32)14-15-31)28(40-30)21-6-10-23(11-7-21)35-16-18-41(37,38)19-17-35/h6-13,25-26H,2-5,14-19H2,1H3,(H,34,36)/t25-,26-/m1/s1. The van der Waals surface area contributed by atoms with Gasteiger partial charge in [0.25, 0.3) is 0 Å². The van der Waals surface area contributed by atoms with Gasteiger partial charge in [-0.2, -0.15) is 5.26 Å². The lowest BCUT2D eigenvalue weighted by molar-refractivity contribution is -0.127. The largest absolute Gasteiger partial charge is 0.497 e. The fourth-order valence-electron chi connectivity index (χ4n) is 5.93. The van der Waals surface area contributed by atoms with Crippen molar-refractivity contribution < 1.29 is 17.9 Å². The molecule has 0 radical (unpaired) electrons. The van der Waals surface area contributed by atoms with Crippen LogP contribution in [0.4, 0.5) is 5.69 Å². The first kappa shape index (κ1) is 27.7. The van der Waals surface area contributed by atoms with Gasteiger partial charge in [-0.25, -0.2) is 13.4 Å². The maximum atomic E-state index is 13.5. The summed E-state index contributed by atoms with van der Waals surface area (Å²) in [4.78, 5) is 21.9. The van der Waals surface area contributed by atoms with Gasteiger partial charge in [0.05, 0.1) is 35.3 Å². The second-order valence-electron chi connectivity index (χ2n) is 11.3. The van der Waals surface area contributed by atoms with E-state index in [1.54, 1.807) is 18.4 Å². The fourth-order valence-corrected chi connectivity index (χ4v) is 8.28. The summed E-state index contributed by atoms with van der Waals surface area (Å²) >= 11 is 1.63. The van der Waals surface area contributed by atoms with E-state index in [1.165, 1.54) is 0 Å². The Morgan fingerprint density at radius 3 is 2.34 bits per heavy atom. The van der Waals surface area contributed by atoms with E-state index >= 15 is 0 Å². The van der Waals surface area contributed by atoms with Crippen molar-refractivity contribution in [1.82, 2.24) is 10.3 Å². The van der Waals surface area contributed by atoms with Gasteiger partial charge in [-0.1, -0.05) is 25.0 Å². The van der Waals surface area contributed by atoms with Crippen LogP contribution in [0.15, 0.2) is 48.5 Å². The fraction of sp³-hybridized carbons (Fsp3) is 0.452. The predicted molar refractivity (Wildman–Crippen MR) is 161 cm³/mol. The van der Waals surface area contributed by atoms with E-state index in [1.807, 2.05) is 24.3 Å². The van der Waals surface area contributed by atoms with E-state index in [0.29, 0.717) is 25.9 Å². The second-order valence-corrected chi connectivity index (χ2v) is 14.6. The van der Waals surface area contributed by atoms with Crippen molar-refractivity contribution in [3.63, 3.8) is 0 Å². The molecule has 0 unspecified atom stereocenters. The van der Waals surface area contributed by atoms with Crippen molar-refractivity contribution in [1.29, 1.82) is 5.26 Å². The molecule has 1 aliphatic heterocycles. The van der Waals surface area contributed by atoms with Crippen LogP contribution in [0, 0.1) is 17.2 Å². The van der Waals surface area contributed by atoms with Crippen LogP contribution in [0.3, 0.4) is 0 Å². The van der Waals surface area contributed by atoms with E-state index in [4.69, 9.17) is 9.72 Å². The molecule has 1 saturated heterocycles. The lowest BCUT2D eigenvalue weighted by Crippen LogP contribution is -2.42. The van der Waals surface area contributed by atoms with Crippen molar-refractivity contribution >= 4 is 32.8 Å². The molecule has 2 aromatic carbocycles. The normalized spacial score (nSPS) is 22.9. The average molecular weight is 591 g/mol. The van der Waals surface area contributed by atoms with E-state index in [2.05, 4.69) is 40.6 Å². The van der Waals surface area contributed by atoms with Crippen LogP contribution in [0.25, 0.3) is 21.0 Å². The molecule has 2 saturated carbocycles. The molecule has 2 atom stereocenters. The summed E-state index contributed by atoms with van der Waals surface area (Å²) in [6, 6.07) is 18.4. The molecule has 0 spiro atoms. The summed E-state index contributed by atoms with van der Waals surface area (Å²) < 4.78 is 29.1. The van der Waals surface area contributed by atoms with Crippen LogP contribution in [0.2, 0.25) is 0 Å². The van der Waals surface area contributed by atoms with Crippen LogP contribution < -0.4 is 15.0 Å². The third-order valence-electron chi connectivity index (χ3n) is 8.61. The highest BCUT2D eigenvalue weighted by Crippen LogP contribution is 2.47. The van der Waals surface area contributed by atoms with Crippen LogP contribution in [-0.2, 0) is 14.6 Å². The third kappa shape index (κ3) is 5.84. The van der Waals surface area contributed by atoms with Crippen LogP contribution in [-0.4, -0.2) is 56.6 Å². The molecule has 1 N–H and O–H groups in total. The van der Waals surface area contributed by atoms with Gasteiger partial charge >= 0.3 is 0 Å². The Labute approximate surface area is 245 Å². The SMILES string of the molecule is COc1ccc(-c2nc([C@@H]3CCCC[C@H]3C(=O)NC3(C#N)CC3)c(-c3ccc(N4CCS(=O)(=O)CC4)cc3)s2)cc1. The third-order valence-corrected chi connectivity index (χ3v) is 11.4. The molecule has 8 nitrogen and oxygen atoms in total. The first-order valence-corrected chi connectivity index (χ1v) is 16.9. The van der Waals surface area contributed by atoms with Gasteiger partial charge in [0.15, 0.2) is 9.84 Å². The van der Waals surface area contributed by atoms with Gasteiger partial charge in [-0.05, 0) is 67.6 Å². The predicted octanol–water partition coefficient (Wildman–Crippen LogP) is 5.17. The summed E-state index contributed by atoms with van der Waals surface area (Å²) in [7, 11) is -1.30. The smallest absolute Gasteiger partial charge is 0.225 e. The first-order chi connectivity index (χ1) is 19.8. The molecular weight excluding hydrogens is 556 g/mol. The number of carbonyl (C=O) groups is 1. The molecule has 214 valence electrons. The molecule has 3 aliphatic rings. The van der Waals surface area contributed by atoms with Crippen LogP contribution in [0.5, 0.6) is 5.75 Å². The minimum Gasteiger partial charge on any atom is -0.497 e. The number of sulfone groups is 1. The number of rotatable bonds is 7. The minimum atomic E-state index is -2.95. The Kier molecular flexibility index (Phi) is 7.51. The second kappa shape index (κ2) is 11.1. The number of aromatic nitrogens is 1. The van der Waals surface area contributed by atoms with Gasteiger partial charge in [-0.3, -0.25) is 4.79 Å². The number of hydrogen-bond donors (Lipinski definition) is 1. The quantitative estimate of drug-likeness (QED) is 0.404. The lowest BCUT2D eigenvalue weighted by Gasteiger charge is -2.31. The number of thiazole rings is 1. The van der Waals surface area contributed by atoms with E-state index < -0.39 is 15.4 Å². The van der Waals surface area contributed by atoms with Gasteiger partial charge in [0, 0.05) is 36.2 Å². The number of nitrogens with zero attached hydrogens (tertiary/aromatic N) is 3. The van der Waals surface area contributed by atoms with Crippen molar-refractivity contribution in [3.8, 4) is 32.8 Å². The van der Waals surface area contributed by atoms with Gasteiger partial charge in [0.2, 0.25) is 5.91 Å². The summed E-state index contributed by atoms with van der Waals surface area (Å²) in [6.45, 7) is 0.996. The molecule has 41 heavy (non-hydrogen) atoms. The minimum absolute atomic E-state index is 0.0332. The number of hydrogen-bond acceptors (Lipinski definition) is 8. The van der Waals surface area contributed by atoms with Crippen molar-refractivity contribution in [2.75, 3.05) is 36.6 Å². The van der Waals surface area contributed by atoms with Gasteiger partial charge in [-0.15, -0.1) is 11.3 Å². The molecule has 2 aliphatic carbocycles. The number of benzene rings is 2. The van der Waals surface area contributed by atoms with Crippen molar-refractivity contribution in [2.24, 2.45) is 5.92 Å². The maximum absolute atomic E-state index is 13.5. The Hall–Kier alpha value is -3.42. The number of nitriles is 1. The highest BCUT2D eigenvalue weighted by Gasteiger charge is 2.47. The molecule has 6 rings (SSSR count). The van der Waals surface area contributed by atoms with E-state index in [-0.39, 0.29) is 29.2 Å². The van der Waals surface area contributed by atoms with Crippen LogP contribution in [0.1, 0.15) is 50.1 Å². The zero-order chi connectivity index (χ0) is 28.6. The summed E-state index contributed by atoms with van der Waals surface area (Å²) in [5.74, 6) is 0.836. The van der Waals surface area contributed by atoms with Crippen molar-refractivity contribution in [3.05, 3.63) is 54.2 Å². The molecule has 1 aromatic heterocycles. The zero-order valence-electron chi connectivity index (χ0n) is 23.1. The van der Waals surface area contributed by atoms with Gasteiger partial charge in [0.1, 0.15) is 16.3 Å². The summed E-state index contributed by atoms with van der Waals surface area (Å²) in [6.07, 6.45) is 5.10. The Morgan fingerprint density at radius 2 is 1.71 bits per heavy atom. The van der Waals surface area contributed by atoms with E-state index in [9.17, 15) is 18.5 Å². The zero-order valence-corrected chi connectivity index (χ0v) is 24.8. The molecule has 10 heteroatoms. The van der Waals surface area contributed by atoms with Crippen molar-refractivity contribution in [2.45, 2.75) is 50.0 Å². The molecule has 1 amide bonds. The Balaban J connectivity index is 1.35. The molecular formula is C31H34N4O4S2. The lowest BCUT2D eigenvalue weighted by atomic mass is 9.76. The first-order valence-electron chi connectivity index (χ1n) is 14.2. The molecule has 2 heterocycles. The molecule has 3 fully saturated rings. The van der Waals surface area contributed by atoms with E-state index in [0.717, 1.165) is 63.8 Å². The Morgan fingerprint density at radius 1 is 1.05 bits per heavy atom. The number of ether oxygens (including phenoxy) is 1. The average Bonchev–Trinajstić information content (AvgIpc) is 3.63. The summed E-state index contributed by atoms with van der Waals surface area (Å²) in [5, 5.41) is 13.5. The number of carbonyl (C=O) groups excluding carboxylic acids is 1. The number of nitrogens with one attached hydrogen (secondary N) is 1. The summed E-state index contributed by atoms with van der Waals surface area (Å²) in [5.41, 5.74) is 3.28. The maximum Gasteiger partial charge on any atom is 0.225 e.